The highest BCUT2D eigenvalue weighted by atomic mass is 16.5. The standard InChI is InChI=1S/C13H17N3O3/c1-4-6-16-12-10(8(3)15-16)11(17)9(7-14-12)13(18)19-5-2/h7H,4-6H2,1-3H3,(H,14,17). The van der Waals surface area contributed by atoms with Gasteiger partial charge < -0.3 is 9.72 Å². The number of H-pyrrole nitrogens is 1. The molecule has 0 atom stereocenters. The number of ether oxygens (including phenoxy) is 1. The summed E-state index contributed by atoms with van der Waals surface area (Å²) in [5, 5.41) is 4.78. The van der Waals surface area contributed by atoms with Gasteiger partial charge in [0.25, 0.3) is 0 Å². The second-order valence-electron chi connectivity index (χ2n) is 4.28. The summed E-state index contributed by atoms with van der Waals surface area (Å²) in [7, 11) is 0. The molecule has 2 rings (SSSR count). The summed E-state index contributed by atoms with van der Waals surface area (Å²) in [4.78, 5) is 27.0. The van der Waals surface area contributed by atoms with Crippen molar-refractivity contribution in [1.29, 1.82) is 0 Å². The second-order valence-corrected chi connectivity index (χ2v) is 4.28. The van der Waals surface area contributed by atoms with Crippen LogP contribution < -0.4 is 5.43 Å². The number of aryl methyl sites for hydroxylation is 2. The third-order valence-electron chi connectivity index (χ3n) is 2.88. The molecule has 0 spiro atoms. The SMILES string of the molecule is CCCn1nc(C)c2c(=O)c(C(=O)OCC)c[nH]c21. The van der Waals surface area contributed by atoms with E-state index in [2.05, 4.69) is 10.1 Å². The summed E-state index contributed by atoms with van der Waals surface area (Å²) in [6, 6.07) is 0. The summed E-state index contributed by atoms with van der Waals surface area (Å²) in [6.45, 7) is 6.46. The van der Waals surface area contributed by atoms with Crippen LogP contribution in [0.15, 0.2) is 11.0 Å². The van der Waals surface area contributed by atoms with E-state index in [0.717, 1.165) is 13.0 Å². The zero-order valence-electron chi connectivity index (χ0n) is 11.3. The molecule has 2 aromatic rings. The van der Waals surface area contributed by atoms with Crippen LogP contribution >= 0.6 is 0 Å². The van der Waals surface area contributed by atoms with Gasteiger partial charge in [-0.3, -0.25) is 4.79 Å². The average Bonchev–Trinajstić information content (AvgIpc) is 2.68. The number of fused-ring (bicyclic) bond motifs is 1. The monoisotopic (exact) mass is 263 g/mol. The van der Waals surface area contributed by atoms with Crippen LogP contribution in [-0.4, -0.2) is 27.3 Å². The highest BCUT2D eigenvalue weighted by Crippen LogP contribution is 2.13. The van der Waals surface area contributed by atoms with Gasteiger partial charge in [-0.2, -0.15) is 5.10 Å². The van der Waals surface area contributed by atoms with Crippen molar-refractivity contribution < 1.29 is 9.53 Å². The Labute approximate surface area is 110 Å². The molecule has 1 N–H and O–H groups in total. The maximum atomic E-state index is 12.3. The minimum Gasteiger partial charge on any atom is -0.462 e. The molecule has 0 aliphatic rings. The largest absolute Gasteiger partial charge is 0.462 e. The van der Waals surface area contributed by atoms with Crippen LogP contribution in [0.5, 0.6) is 0 Å². The van der Waals surface area contributed by atoms with Gasteiger partial charge in [0.1, 0.15) is 11.2 Å². The fourth-order valence-corrected chi connectivity index (χ4v) is 2.07. The fourth-order valence-electron chi connectivity index (χ4n) is 2.07. The molecule has 0 unspecified atom stereocenters. The van der Waals surface area contributed by atoms with Crippen LogP contribution in [0.4, 0.5) is 0 Å². The van der Waals surface area contributed by atoms with Crippen LogP contribution in [0.1, 0.15) is 36.3 Å². The molecule has 19 heavy (non-hydrogen) atoms. The van der Waals surface area contributed by atoms with Crippen molar-refractivity contribution in [2.75, 3.05) is 6.61 Å². The number of carbonyl (C=O) groups is 1. The number of nitrogens with one attached hydrogen (secondary N) is 1. The first-order chi connectivity index (χ1) is 9.10. The van der Waals surface area contributed by atoms with Crippen molar-refractivity contribution in [1.82, 2.24) is 14.8 Å². The normalized spacial score (nSPS) is 10.9. The van der Waals surface area contributed by atoms with Crippen molar-refractivity contribution in [2.24, 2.45) is 0 Å². The lowest BCUT2D eigenvalue weighted by atomic mass is 10.2. The van der Waals surface area contributed by atoms with Gasteiger partial charge in [0.15, 0.2) is 0 Å². The number of rotatable bonds is 4. The fraction of sp³-hybridized carbons (Fsp3) is 0.462. The van der Waals surface area contributed by atoms with Gasteiger partial charge in [0, 0.05) is 12.7 Å². The Bertz CT molecular complexity index is 670. The zero-order valence-corrected chi connectivity index (χ0v) is 11.3. The van der Waals surface area contributed by atoms with Crippen LogP contribution in [0.2, 0.25) is 0 Å². The van der Waals surface area contributed by atoms with E-state index < -0.39 is 5.97 Å². The molecule has 0 aliphatic carbocycles. The molecule has 0 fully saturated rings. The predicted octanol–water partition coefficient (Wildman–Crippen LogP) is 1.62. The van der Waals surface area contributed by atoms with E-state index in [-0.39, 0.29) is 17.6 Å². The molecule has 0 bridgehead atoms. The first kappa shape index (κ1) is 13.3. The van der Waals surface area contributed by atoms with Crippen molar-refractivity contribution >= 4 is 17.0 Å². The molecule has 0 radical (unpaired) electrons. The third-order valence-corrected chi connectivity index (χ3v) is 2.88. The van der Waals surface area contributed by atoms with E-state index in [1.807, 2.05) is 6.92 Å². The zero-order chi connectivity index (χ0) is 14.0. The molecule has 0 saturated heterocycles. The molecular weight excluding hydrogens is 246 g/mol. The maximum Gasteiger partial charge on any atom is 0.343 e. The van der Waals surface area contributed by atoms with Crippen molar-refractivity contribution in [3.63, 3.8) is 0 Å². The van der Waals surface area contributed by atoms with Crippen molar-refractivity contribution in [3.05, 3.63) is 27.7 Å². The minimum absolute atomic E-state index is 0.0218. The van der Waals surface area contributed by atoms with Gasteiger partial charge in [-0.25, -0.2) is 9.48 Å². The van der Waals surface area contributed by atoms with Gasteiger partial charge in [-0.1, -0.05) is 6.92 Å². The smallest absolute Gasteiger partial charge is 0.343 e. The molecule has 0 aromatic carbocycles. The first-order valence-corrected chi connectivity index (χ1v) is 6.36. The van der Waals surface area contributed by atoms with E-state index in [1.165, 1.54) is 6.20 Å². The highest BCUT2D eigenvalue weighted by Gasteiger charge is 2.18. The predicted molar refractivity (Wildman–Crippen MR) is 71.3 cm³/mol. The number of esters is 1. The summed E-state index contributed by atoms with van der Waals surface area (Å²) in [5.74, 6) is -0.603. The lowest BCUT2D eigenvalue weighted by Crippen LogP contribution is -2.18. The Morgan fingerprint density at radius 3 is 2.84 bits per heavy atom. The van der Waals surface area contributed by atoms with Crippen LogP contribution in [0.25, 0.3) is 11.0 Å². The van der Waals surface area contributed by atoms with Crippen LogP contribution in [0.3, 0.4) is 0 Å². The van der Waals surface area contributed by atoms with E-state index in [0.29, 0.717) is 16.7 Å². The van der Waals surface area contributed by atoms with Gasteiger partial charge in [-0.15, -0.1) is 0 Å². The molecule has 0 amide bonds. The van der Waals surface area contributed by atoms with Crippen LogP contribution in [0, 0.1) is 6.92 Å². The van der Waals surface area contributed by atoms with E-state index in [4.69, 9.17) is 4.74 Å². The Morgan fingerprint density at radius 2 is 2.21 bits per heavy atom. The first-order valence-electron chi connectivity index (χ1n) is 6.36. The number of nitrogens with zero attached hydrogens (tertiary/aromatic N) is 2. The quantitative estimate of drug-likeness (QED) is 0.850. The maximum absolute atomic E-state index is 12.3. The van der Waals surface area contributed by atoms with Gasteiger partial charge in [0.2, 0.25) is 5.43 Å². The van der Waals surface area contributed by atoms with Crippen molar-refractivity contribution in [2.45, 2.75) is 33.7 Å². The summed E-state index contributed by atoms with van der Waals surface area (Å²) >= 11 is 0. The second kappa shape index (κ2) is 5.26. The van der Waals surface area contributed by atoms with E-state index in [9.17, 15) is 9.59 Å². The molecule has 102 valence electrons. The lowest BCUT2D eigenvalue weighted by molar-refractivity contribution is 0.0524. The number of hydrogen-bond acceptors (Lipinski definition) is 4. The highest BCUT2D eigenvalue weighted by molar-refractivity contribution is 5.93. The van der Waals surface area contributed by atoms with Crippen LogP contribution in [-0.2, 0) is 11.3 Å². The number of aromatic amines is 1. The third kappa shape index (κ3) is 2.25. The minimum atomic E-state index is -0.603. The van der Waals surface area contributed by atoms with E-state index >= 15 is 0 Å². The average molecular weight is 263 g/mol. The summed E-state index contributed by atoms with van der Waals surface area (Å²) < 4.78 is 6.62. The number of aromatic nitrogens is 3. The Morgan fingerprint density at radius 1 is 1.47 bits per heavy atom. The van der Waals surface area contributed by atoms with Crippen molar-refractivity contribution in [3.8, 4) is 0 Å². The molecule has 6 nitrogen and oxygen atoms in total. The number of pyridine rings is 1. The van der Waals surface area contributed by atoms with Gasteiger partial charge in [-0.05, 0) is 20.3 Å². The molecule has 2 aromatic heterocycles. The Kier molecular flexibility index (Phi) is 3.69. The molecular formula is C13H17N3O3. The molecule has 6 heteroatoms. The number of carbonyl (C=O) groups excluding carboxylic acids is 1. The topological polar surface area (TPSA) is 77.0 Å². The number of hydrogen-bond donors (Lipinski definition) is 1. The molecule has 0 aliphatic heterocycles. The lowest BCUT2D eigenvalue weighted by Gasteiger charge is -2.03. The van der Waals surface area contributed by atoms with Gasteiger partial charge in [0.05, 0.1) is 17.7 Å². The molecule has 0 saturated carbocycles. The summed E-state index contributed by atoms with van der Waals surface area (Å²) in [6.07, 6.45) is 2.31. The summed E-state index contributed by atoms with van der Waals surface area (Å²) in [5.41, 5.74) is 0.966. The van der Waals surface area contributed by atoms with Gasteiger partial charge >= 0.3 is 5.97 Å². The Hall–Kier alpha value is -2.11. The van der Waals surface area contributed by atoms with E-state index in [1.54, 1.807) is 18.5 Å². The Balaban J connectivity index is 2.62. The molecule has 2 heterocycles.